The van der Waals surface area contributed by atoms with Crippen LogP contribution in [0.25, 0.3) is 0 Å². The van der Waals surface area contributed by atoms with E-state index in [4.69, 9.17) is 4.74 Å². The molecule has 1 aromatic carbocycles. The number of ether oxygens (including phenoxy) is 1. The molecule has 4 nitrogen and oxygen atoms in total. The molecule has 3 atom stereocenters. The first-order chi connectivity index (χ1) is 14.2. The summed E-state index contributed by atoms with van der Waals surface area (Å²) in [6.07, 6.45) is 4.51. The third kappa shape index (κ3) is 3.71. The number of amides is 1. The average molecular weight is 411 g/mol. The molecule has 0 radical (unpaired) electrons. The van der Waals surface area contributed by atoms with Crippen molar-refractivity contribution >= 4 is 17.2 Å². The Hall–Kier alpha value is -1.85. The highest BCUT2D eigenvalue weighted by Crippen LogP contribution is 2.44. The molecule has 1 saturated carbocycles. The minimum absolute atomic E-state index is 0.300. The molecule has 3 aliphatic rings. The molecule has 2 aliphatic heterocycles. The monoisotopic (exact) mass is 410 g/mol. The largest absolute Gasteiger partial charge is 0.497 e. The molecule has 3 fully saturated rings. The Labute approximate surface area is 177 Å². The van der Waals surface area contributed by atoms with Crippen molar-refractivity contribution in [3.8, 4) is 5.75 Å². The Balaban J connectivity index is 1.32. The summed E-state index contributed by atoms with van der Waals surface area (Å²) in [6, 6.07) is 11.1. The molecule has 0 spiro atoms. The second-order valence-electron chi connectivity index (χ2n) is 8.88. The molecule has 1 aliphatic carbocycles. The number of fused-ring (bicyclic) bond motifs is 1. The van der Waals surface area contributed by atoms with Crippen LogP contribution < -0.4 is 4.74 Å². The lowest BCUT2D eigenvalue weighted by atomic mass is 9.82. The number of carbonyl (C=O) groups is 1. The van der Waals surface area contributed by atoms with E-state index in [0.29, 0.717) is 29.7 Å². The molecule has 154 valence electrons. The van der Waals surface area contributed by atoms with Gasteiger partial charge in [-0.25, -0.2) is 0 Å². The summed E-state index contributed by atoms with van der Waals surface area (Å²) < 4.78 is 5.29. The van der Waals surface area contributed by atoms with Gasteiger partial charge >= 0.3 is 0 Å². The Kier molecular flexibility index (Phi) is 5.35. The molecular weight excluding hydrogens is 380 g/mol. The van der Waals surface area contributed by atoms with Gasteiger partial charge in [0.15, 0.2) is 0 Å². The lowest BCUT2D eigenvalue weighted by Crippen LogP contribution is -2.49. The SMILES string of the molecule is COc1ccc(CN2CC[C@H]3[C@@H](C2)[C@H](c2ccsc2)CN3C(=O)C2CCC2)cc1. The van der Waals surface area contributed by atoms with Gasteiger partial charge in [0.25, 0.3) is 0 Å². The molecular formula is C24H30N2O2S. The van der Waals surface area contributed by atoms with Crippen LogP contribution in [0.15, 0.2) is 41.1 Å². The standard InChI is InChI=1S/C24H30N2O2S/c1-28-20-7-5-17(6-8-20)13-25-11-9-23-22(14-25)21(19-10-12-29-16-19)15-26(23)24(27)18-3-2-4-18/h5-8,10,12,16,18,21-23H,2-4,9,11,13-15H2,1H3/t21-,22-,23-/m0/s1. The molecule has 2 saturated heterocycles. The topological polar surface area (TPSA) is 32.8 Å². The summed E-state index contributed by atoms with van der Waals surface area (Å²) in [6.45, 7) is 4.03. The molecule has 0 N–H and O–H groups in total. The fraction of sp³-hybridized carbons (Fsp3) is 0.542. The summed E-state index contributed by atoms with van der Waals surface area (Å²) in [5, 5.41) is 4.47. The van der Waals surface area contributed by atoms with Crippen LogP contribution in [-0.4, -0.2) is 48.5 Å². The van der Waals surface area contributed by atoms with E-state index in [-0.39, 0.29) is 0 Å². The van der Waals surface area contributed by atoms with Gasteiger partial charge in [-0.1, -0.05) is 18.6 Å². The number of likely N-dealkylation sites (tertiary alicyclic amines) is 2. The third-order valence-electron chi connectivity index (χ3n) is 7.29. The van der Waals surface area contributed by atoms with Gasteiger partial charge in [0, 0.05) is 50.0 Å². The fourth-order valence-corrected chi connectivity index (χ4v) is 6.14. The number of benzene rings is 1. The van der Waals surface area contributed by atoms with Gasteiger partial charge in [0.1, 0.15) is 5.75 Å². The quantitative estimate of drug-likeness (QED) is 0.734. The zero-order chi connectivity index (χ0) is 19.8. The molecule has 1 amide bonds. The number of thiophene rings is 1. The summed E-state index contributed by atoms with van der Waals surface area (Å²) in [4.78, 5) is 18.0. The van der Waals surface area contributed by atoms with Crippen LogP contribution in [0.4, 0.5) is 0 Å². The van der Waals surface area contributed by atoms with Crippen molar-refractivity contribution in [3.63, 3.8) is 0 Å². The van der Waals surface area contributed by atoms with Crippen molar-refractivity contribution in [2.75, 3.05) is 26.7 Å². The van der Waals surface area contributed by atoms with Crippen molar-refractivity contribution in [1.82, 2.24) is 9.80 Å². The van der Waals surface area contributed by atoms with Crippen molar-refractivity contribution in [3.05, 3.63) is 52.2 Å². The van der Waals surface area contributed by atoms with Crippen molar-refractivity contribution in [2.45, 2.75) is 44.2 Å². The maximum absolute atomic E-state index is 13.1. The number of rotatable bonds is 5. The number of methoxy groups -OCH3 is 1. The number of nitrogens with zero attached hydrogens (tertiary/aromatic N) is 2. The van der Waals surface area contributed by atoms with Crippen molar-refractivity contribution in [1.29, 1.82) is 0 Å². The Morgan fingerprint density at radius 1 is 1.14 bits per heavy atom. The number of piperidine rings is 1. The van der Waals surface area contributed by atoms with Crippen LogP contribution in [0.3, 0.4) is 0 Å². The summed E-state index contributed by atoms with van der Waals surface area (Å²) in [5.74, 6) is 2.67. The Morgan fingerprint density at radius 2 is 1.97 bits per heavy atom. The highest BCUT2D eigenvalue weighted by Gasteiger charge is 2.48. The van der Waals surface area contributed by atoms with E-state index in [2.05, 4.69) is 38.8 Å². The predicted octanol–water partition coefficient (Wildman–Crippen LogP) is 4.37. The highest BCUT2D eigenvalue weighted by atomic mass is 32.1. The average Bonchev–Trinajstić information content (AvgIpc) is 3.34. The zero-order valence-corrected chi connectivity index (χ0v) is 17.9. The van der Waals surface area contributed by atoms with Crippen molar-refractivity contribution in [2.24, 2.45) is 11.8 Å². The number of carbonyl (C=O) groups excluding carboxylic acids is 1. The molecule has 2 aromatic rings. The lowest BCUT2D eigenvalue weighted by molar-refractivity contribution is -0.140. The van der Waals surface area contributed by atoms with Crippen LogP contribution in [0, 0.1) is 11.8 Å². The van der Waals surface area contributed by atoms with Crippen LogP contribution in [0.1, 0.15) is 42.7 Å². The van der Waals surface area contributed by atoms with E-state index < -0.39 is 0 Å². The molecule has 0 bridgehead atoms. The Bertz CT molecular complexity index is 831. The highest BCUT2D eigenvalue weighted by molar-refractivity contribution is 7.08. The molecule has 0 unspecified atom stereocenters. The van der Waals surface area contributed by atoms with E-state index >= 15 is 0 Å². The first-order valence-corrected chi connectivity index (χ1v) is 11.8. The fourth-order valence-electron chi connectivity index (χ4n) is 5.42. The van der Waals surface area contributed by atoms with Crippen LogP contribution in [0.2, 0.25) is 0 Å². The van der Waals surface area contributed by atoms with Gasteiger partial charge < -0.3 is 9.64 Å². The van der Waals surface area contributed by atoms with Crippen LogP contribution in [-0.2, 0) is 11.3 Å². The van der Waals surface area contributed by atoms with E-state index in [0.717, 1.165) is 51.2 Å². The van der Waals surface area contributed by atoms with E-state index in [9.17, 15) is 4.79 Å². The van der Waals surface area contributed by atoms with Gasteiger partial charge in [-0.2, -0.15) is 11.3 Å². The van der Waals surface area contributed by atoms with Crippen LogP contribution in [0.5, 0.6) is 5.75 Å². The summed E-state index contributed by atoms with van der Waals surface area (Å²) in [7, 11) is 1.71. The second-order valence-corrected chi connectivity index (χ2v) is 9.66. The maximum atomic E-state index is 13.1. The van der Waals surface area contributed by atoms with Gasteiger partial charge in [-0.15, -0.1) is 0 Å². The smallest absolute Gasteiger partial charge is 0.225 e. The molecule has 5 rings (SSSR count). The molecule has 3 heterocycles. The minimum atomic E-state index is 0.300. The van der Waals surface area contributed by atoms with Gasteiger partial charge in [0.05, 0.1) is 7.11 Å². The van der Waals surface area contributed by atoms with Crippen molar-refractivity contribution < 1.29 is 9.53 Å². The van der Waals surface area contributed by atoms with Gasteiger partial charge in [-0.05, 0) is 59.3 Å². The summed E-state index contributed by atoms with van der Waals surface area (Å²) in [5.41, 5.74) is 2.76. The zero-order valence-electron chi connectivity index (χ0n) is 17.1. The molecule has 1 aromatic heterocycles. The minimum Gasteiger partial charge on any atom is -0.497 e. The predicted molar refractivity (Wildman–Crippen MR) is 116 cm³/mol. The second kappa shape index (κ2) is 8.11. The molecule has 29 heavy (non-hydrogen) atoms. The van der Waals surface area contributed by atoms with E-state index in [1.165, 1.54) is 17.5 Å². The van der Waals surface area contributed by atoms with E-state index in [1.54, 1.807) is 18.4 Å². The maximum Gasteiger partial charge on any atom is 0.225 e. The first kappa shape index (κ1) is 19.1. The van der Waals surface area contributed by atoms with Gasteiger partial charge in [0.2, 0.25) is 5.91 Å². The Morgan fingerprint density at radius 3 is 2.62 bits per heavy atom. The summed E-state index contributed by atoms with van der Waals surface area (Å²) >= 11 is 1.78. The third-order valence-corrected chi connectivity index (χ3v) is 7.99. The number of hydrogen-bond acceptors (Lipinski definition) is 4. The van der Waals surface area contributed by atoms with Crippen LogP contribution >= 0.6 is 11.3 Å². The van der Waals surface area contributed by atoms with E-state index in [1.807, 2.05) is 12.1 Å². The normalized spacial score (nSPS) is 27.5. The molecule has 5 heteroatoms. The lowest BCUT2D eigenvalue weighted by Gasteiger charge is -2.40. The number of hydrogen-bond donors (Lipinski definition) is 0. The first-order valence-electron chi connectivity index (χ1n) is 10.9. The van der Waals surface area contributed by atoms with Gasteiger partial charge in [-0.3, -0.25) is 9.69 Å².